The Morgan fingerprint density at radius 1 is 1.30 bits per heavy atom. The predicted molar refractivity (Wildman–Crippen MR) is 102 cm³/mol. The van der Waals surface area contributed by atoms with Crippen molar-refractivity contribution in [3.05, 3.63) is 53.9 Å². The van der Waals surface area contributed by atoms with E-state index >= 15 is 0 Å². The quantitative estimate of drug-likeness (QED) is 0.831. The molecule has 2 aliphatic rings. The smallest absolute Gasteiger partial charge is 0.274 e. The third-order valence-corrected chi connectivity index (χ3v) is 5.31. The van der Waals surface area contributed by atoms with Gasteiger partial charge in [0.15, 0.2) is 0 Å². The van der Waals surface area contributed by atoms with E-state index in [1.54, 1.807) is 0 Å². The summed E-state index contributed by atoms with van der Waals surface area (Å²) in [4.78, 5) is 14.9. The molecule has 1 aromatic heterocycles. The van der Waals surface area contributed by atoms with Gasteiger partial charge >= 0.3 is 0 Å². The molecule has 2 saturated heterocycles. The first-order valence-electron chi connectivity index (χ1n) is 9.76. The fourth-order valence-electron chi connectivity index (χ4n) is 4.07. The second kappa shape index (κ2) is 7.82. The summed E-state index contributed by atoms with van der Waals surface area (Å²) in [5.74, 6) is -0.0199. The monoisotopic (exact) mass is 369 g/mol. The molecular formula is C21H27N3O3. The summed E-state index contributed by atoms with van der Waals surface area (Å²) in [7, 11) is 0. The van der Waals surface area contributed by atoms with E-state index in [2.05, 4.69) is 17.2 Å². The van der Waals surface area contributed by atoms with Gasteiger partial charge in [0.05, 0.1) is 19.3 Å². The number of nitrogens with zero attached hydrogens (tertiary/aromatic N) is 3. The van der Waals surface area contributed by atoms with Gasteiger partial charge in [0.25, 0.3) is 5.91 Å². The Labute approximate surface area is 160 Å². The zero-order valence-corrected chi connectivity index (χ0v) is 15.8. The third-order valence-electron chi connectivity index (χ3n) is 5.31. The van der Waals surface area contributed by atoms with Gasteiger partial charge < -0.3 is 14.4 Å². The van der Waals surface area contributed by atoms with Crippen molar-refractivity contribution in [2.24, 2.45) is 0 Å². The highest BCUT2D eigenvalue weighted by atomic mass is 16.6. The maximum absolute atomic E-state index is 13.0. The molecular weight excluding hydrogens is 342 g/mol. The second-order valence-electron chi connectivity index (χ2n) is 7.65. The van der Waals surface area contributed by atoms with E-state index in [1.807, 2.05) is 47.0 Å². The average molecular weight is 369 g/mol. The molecule has 3 heterocycles. The van der Waals surface area contributed by atoms with E-state index in [9.17, 15) is 4.79 Å². The Hall–Kier alpha value is -2.18. The molecule has 2 atom stereocenters. The standard InChI is InChI=1S/C21H27N3O3/c1-17-14-23(15-21(27-17)10-5-13-26-16-21)20(25)19-9-12-24(22-19)11-8-18-6-3-2-4-7-18/h2-4,6-7,9,12,17H,5,8,10-11,13-16H2,1H3. The van der Waals surface area contributed by atoms with Crippen LogP contribution in [0.4, 0.5) is 0 Å². The maximum atomic E-state index is 13.0. The van der Waals surface area contributed by atoms with E-state index in [4.69, 9.17) is 9.47 Å². The molecule has 2 unspecified atom stereocenters. The van der Waals surface area contributed by atoms with Crippen LogP contribution in [0.25, 0.3) is 0 Å². The van der Waals surface area contributed by atoms with Crippen molar-refractivity contribution in [2.75, 3.05) is 26.3 Å². The first-order chi connectivity index (χ1) is 13.1. The van der Waals surface area contributed by atoms with E-state index < -0.39 is 0 Å². The molecule has 6 heteroatoms. The van der Waals surface area contributed by atoms with Crippen LogP contribution in [0.5, 0.6) is 0 Å². The molecule has 2 fully saturated rings. The minimum absolute atomic E-state index is 0.00423. The van der Waals surface area contributed by atoms with Gasteiger partial charge in [-0.1, -0.05) is 30.3 Å². The number of hydrogen-bond donors (Lipinski definition) is 0. The van der Waals surface area contributed by atoms with Crippen molar-refractivity contribution in [1.82, 2.24) is 14.7 Å². The number of rotatable bonds is 4. The first kappa shape index (κ1) is 18.2. The van der Waals surface area contributed by atoms with Gasteiger partial charge in [0.2, 0.25) is 0 Å². The summed E-state index contributed by atoms with van der Waals surface area (Å²) in [5.41, 5.74) is 1.41. The van der Waals surface area contributed by atoms with Gasteiger partial charge in [-0.3, -0.25) is 9.48 Å². The summed E-state index contributed by atoms with van der Waals surface area (Å²) in [6, 6.07) is 12.1. The van der Waals surface area contributed by atoms with E-state index in [0.717, 1.165) is 32.4 Å². The van der Waals surface area contributed by atoms with Gasteiger partial charge in [0.1, 0.15) is 11.3 Å². The number of aryl methyl sites for hydroxylation is 2. The molecule has 2 aliphatic heterocycles. The van der Waals surface area contributed by atoms with Crippen molar-refractivity contribution < 1.29 is 14.3 Å². The number of ether oxygens (including phenoxy) is 2. The molecule has 1 spiro atoms. The molecule has 0 bridgehead atoms. The topological polar surface area (TPSA) is 56.6 Å². The van der Waals surface area contributed by atoms with Crippen molar-refractivity contribution in [3.8, 4) is 0 Å². The lowest BCUT2D eigenvalue weighted by atomic mass is 9.93. The summed E-state index contributed by atoms with van der Waals surface area (Å²) in [6.45, 7) is 5.29. The van der Waals surface area contributed by atoms with Crippen LogP contribution in [-0.4, -0.2) is 58.6 Å². The van der Waals surface area contributed by atoms with Crippen molar-refractivity contribution in [2.45, 2.75) is 44.4 Å². The number of benzene rings is 1. The number of amides is 1. The fourth-order valence-corrected chi connectivity index (χ4v) is 4.07. The van der Waals surface area contributed by atoms with Gasteiger partial charge in [0, 0.05) is 25.9 Å². The Balaban J connectivity index is 1.41. The van der Waals surface area contributed by atoms with Gasteiger partial charge in [-0.25, -0.2) is 0 Å². The lowest BCUT2D eigenvalue weighted by Gasteiger charge is -2.47. The van der Waals surface area contributed by atoms with Crippen molar-refractivity contribution in [1.29, 1.82) is 0 Å². The molecule has 0 saturated carbocycles. The van der Waals surface area contributed by atoms with Crippen LogP contribution in [0.15, 0.2) is 42.6 Å². The van der Waals surface area contributed by atoms with E-state index in [0.29, 0.717) is 25.4 Å². The molecule has 6 nitrogen and oxygen atoms in total. The highest BCUT2D eigenvalue weighted by Gasteiger charge is 2.43. The molecule has 4 rings (SSSR count). The first-order valence-corrected chi connectivity index (χ1v) is 9.76. The highest BCUT2D eigenvalue weighted by molar-refractivity contribution is 5.92. The predicted octanol–water partition coefficient (Wildman–Crippen LogP) is 2.54. The zero-order valence-electron chi connectivity index (χ0n) is 15.8. The minimum atomic E-state index is -0.360. The SMILES string of the molecule is CC1CN(C(=O)c2ccn(CCc3ccccc3)n2)CC2(CCCOC2)O1. The summed E-state index contributed by atoms with van der Waals surface area (Å²) >= 11 is 0. The number of hydrogen-bond acceptors (Lipinski definition) is 4. The maximum Gasteiger partial charge on any atom is 0.274 e. The van der Waals surface area contributed by atoms with Crippen LogP contribution < -0.4 is 0 Å². The Kier molecular flexibility index (Phi) is 5.27. The van der Waals surface area contributed by atoms with Crippen molar-refractivity contribution >= 4 is 5.91 Å². The summed E-state index contributed by atoms with van der Waals surface area (Å²) in [6.07, 6.45) is 4.70. The normalized spacial score (nSPS) is 25.7. The van der Waals surface area contributed by atoms with Crippen LogP contribution in [0.1, 0.15) is 35.8 Å². The van der Waals surface area contributed by atoms with Crippen molar-refractivity contribution in [3.63, 3.8) is 0 Å². The summed E-state index contributed by atoms with van der Waals surface area (Å²) < 4.78 is 13.7. The number of morpholine rings is 1. The number of carbonyl (C=O) groups excluding carboxylic acids is 1. The lowest BCUT2D eigenvalue weighted by molar-refractivity contribution is -0.188. The number of aromatic nitrogens is 2. The summed E-state index contributed by atoms with van der Waals surface area (Å²) in [5, 5.41) is 4.51. The third kappa shape index (κ3) is 4.22. The van der Waals surface area contributed by atoms with Crippen LogP contribution in [-0.2, 0) is 22.4 Å². The second-order valence-corrected chi connectivity index (χ2v) is 7.65. The minimum Gasteiger partial charge on any atom is -0.378 e. The largest absolute Gasteiger partial charge is 0.378 e. The molecule has 144 valence electrons. The Bertz CT molecular complexity index is 768. The Morgan fingerprint density at radius 2 is 2.15 bits per heavy atom. The van der Waals surface area contributed by atoms with Crippen LogP contribution >= 0.6 is 0 Å². The molecule has 1 aromatic carbocycles. The molecule has 0 radical (unpaired) electrons. The molecule has 0 N–H and O–H groups in total. The van der Waals surface area contributed by atoms with Gasteiger partial charge in [-0.2, -0.15) is 5.10 Å². The van der Waals surface area contributed by atoms with E-state index in [1.165, 1.54) is 5.56 Å². The van der Waals surface area contributed by atoms with E-state index in [-0.39, 0.29) is 17.6 Å². The molecule has 27 heavy (non-hydrogen) atoms. The fraction of sp³-hybridized carbons (Fsp3) is 0.524. The van der Waals surface area contributed by atoms with Gasteiger partial charge in [-0.15, -0.1) is 0 Å². The van der Waals surface area contributed by atoms with Crippen LogP contribution in [0.2, 0.25) is 0 Å². The Morgan fingerprint density at radius 3 is 2.93 bits per heavy atom. The van der Waals surface area contributed by atoms with Crippen LogP contribution in [0.3, 0.4) is 0 Å². The highest BCUT2D eigenvalue weighted by Crippen LogP contribution is 2.30. The molecule has 1 amide bonds. The average Bonchev–Trinajstić information content (AvgIpc) is 3.15. The molecule has 0 aliphatic carbocycles. The number of carbonyl (C=O) groups is 1. The molecule has 2 aromatic rings. The zero-order chi connectivity index (χ0) is 18.7. The lowest BCUT2D eigenvalue weighted by Crippen LogP contribution is -2.59. The van der Waals surface area contributed by atoms with Crippen LogP contribution in [0, 0.1) is 0 Å². The van der Waals surface area contributed by atoms with Gasteiger partial charge in [-0.05, 0) is 37.8 Å².